The number of amides is 1. The van der Waals surface area contributed by atoms with Crippen molar-refractivity contribution in [2.45, 2.75) is 6.92 Å². The Hall–Kier alpha value is -2.13. The van der Waals surface area contributed by atoms with Crippen LogP contribution in [0.25, 0.3) is 6.08 Å². The molecule has 0 fully saturated rings. The third kappa shape index (κ3) is 3.93. The molecule has 2 aromatic rings. The summed E-state index contributed by atoms with van der Waals surface area (Å²) >= 11 is 5.78. The zero-order chi connectivity index (χ0) is 14.5. The summed E-state index contributed by atoms with van der Waals surface area (Å²) in [5.41, 5.74) is 2.14. The lowest BCUT2D eigenvalue weighted by Crippen LogP contribution is -2.09. The van der Waals surface area contributed by atoms with Gasteiger partial charge in [-0.25, -0.2) is 4.39 Å². The fourth-order valence-electron chi connectivity index (χ4n) is 1.65. The summed E-state index contributed by atoms with van der Waals surface area (Å²) in [6.07, 6.45) is 3.06. The van der Waals surface area contributed by atoms with E-state index in [0.717, 1.165) is 11.1 Å². The average Bonchev–Trinajstić information content (AvgIpc) is 2.42. The Morgan fingerprint density at radius 2 is 1.90 bits per heavy atom. The number of carbonyl (C=O) groups is 1. The minimum atomic E-state index is -0.382. The molecule has 2 aromatic carbocycles. The molecule has 0 aliphatic heterocycles. The van der Waals surface area contributed by atoms with Gasteiger partial charge >= 0.3 is 0 Å². The highest BCUT2D eigenvalue weighted by atomic mass is 35.5. The normalized spacial score (nSPS) is 10.8. The topological polar surface area (TPSA) is 29.1 Å². The summed E-state index contributed by atoms with van der Waals surface area (Å²) in [5.74, 6) is -0.693. The van der Waals surface area contributed by atoms with E-state index < -0.39 is 0 Å². The number of rotatable bonds is 3. The van der Waals surface area contributed by atoms with Gasteiger partial charge in [0.1, 0.15) is 5.82 Å². The molecule has 0 spiro atoms. The maximum atomic E-state index is 13.1. The first-order valence-corrected chi connectivity index (χ1v) is 6.43. The Bertz CT molecular complexity index is 650. The van der Waals surface area contributed by atoms with Crippen LogP contribution in [0.4, 0.5) is 10.1 Å². The summed E-state index contributed by atoms with van der Waals surface area (Å²) in [6.45, 7) is 1.80. The largest absolute Gasteiger partial charge is 0.322 e. The van der Waals surface area contributed by atoms with E-state index in [2.05, 4.69) is 5.32 Å². The van der Waals surface area contributed by atoms with Crippen LogP contribution in [0.3, 0.4) is 0 Å². The highest BCUT2D eigenvalue weighted by Crippen LogP contribution is 2.16. The third-order valence-corrected chi connectivity index (χ3v) is 3.01. The summed E-state index contributed by atoms with van der Waals surface area (Å²) in [5, 5.41) is 3.28. The highest BCUT2D eigenvalue weighted by molar-refractivity contribution is 6.30. The maximum Gasteiger partial charge on any atom is 0.248 e. The number of hydrogen-bond acceptors (Lipinski definition) is 1. The lowest BCUT2D eigenvalue weighted by atomic mass is 10.2. The Morgan fingerprint density at radius 3 is 2.60 bits per heavy atom. The molecule has 0 bridgehead atoms. The van der Waals surface area contributed by atoms with Crippen molar-refractivity contribution in [2.24, 2.45) is 0 Å². The van der Waals surface area contributed by atoms with Crippen molar-refractivity contribution in [1.82, 2.24) is 0 Å². The third-order valence-electron chi connectivity index (χ3n) is 2.75. The summed E-state index contributed by atoms with van der Waals surface area (Å²) in [4.78, 5) is 11.8. The van der Waals surface area contributed by atoms with E-state index in [1.807, 2.05) is 0 Å². The van der Waals surface area contributed by atoms with E-state index in [-0.39, 0.29) is 11.7 Å². The first kappa shape index (κ1) is 14.3. The molecule has 4 heteroatoms. The van der Waals surface area contributed by atoms with Crippen molar-refractivity contribution in [3.05, 3.63) is 70.5 Å². The second kappa shape index (κ2) is 6.35. The minimum absolute atomic E-state index is 0.311. The standard InChI is InChI=1S/C16H13ClFNO/c1-11-2-8-14(18)10-15(11)19-16(20)9-5-12-3-6-13(17)7-4-12/h2-10H,1H3,(H,19,20)/b9-5-. The van der Waals surface area contributed by atoms with Gasteiger partial charge in [0.2, 0.25) is 5.91 Å². The molecular weight excluding hydrogens is 277 g/mol. The lowest BCUT2D eigenvalue weighted by molar-refractivity contribution is -0.111. The monoisotopic (exact) mass is 289 g/mol. The van der Waals surface area contributed by atoms with Crippen LogP contribution in [0.2, 0.25) is 5.02 Å². The zero-order valence-electron chi connectivity index (χ0n) is 10.9. The molecule has 0 unspecified atom stereocenters. The van der Waals surface area contributed by atoms with Crippen molar-refractivity contribution in [3.63, 3.8) is 0 Å². The molecular formula is C16H13ClFNO. The molecule has 0 heterocycles. The molecule has 1 amide bonds. The van der Waals surface area contributed by atoms with E-state index in [1.54, 1.807) is 43.3 Å². The van der Waals surface area contributed by atoms with Crippen LogP contribution < -0.4 is 5.32 Å². The molecule has 0 aromatic heterocycles. The number of anilines is 1. The summed E-state index contributed by atoms with van der Waals surface area (Å²) in [6, 6.07) is 11.4. The summed E-state index contributed by atoms with van der Waals surface area (Å²) < 4.78 is 13.1. The van der Waals surface area contributed by atoms with Gasteiger partial charge in [0, 0.05) is 16.8 Å². The molecule has 2 nitrogen and oxygen atoms in total. The molecule has 0 saturated heterocycles. The molecule has 0 saturated carbocycles. The van der Waals surface area contributed by atoms with E-state index in [4.69, 9.17) is 11.6 Å². The van der Waals surface area contributed by atoms with E-state index >= 15 is 0 Å². The van der Waals surface area contributed by atoms with Crippen molar-refractivity contribution < 1.29 is 9.18 Å². The van der Waals surface area contributed by atoms with Gasteiger partial charge in [0.25, 0.3) is 0 Å². The van der Waals surface area contributed by atoms with E-state index in [1.165, 1.54) is 18.2 Å². The molecule has 0 aliphatic carbocycles. The molecule has 0 aliphatic rings. The summed E-state index contributed by atoms with van der Waals surface area (Å²) in [7, 11) is 0. The van der Waals surface area contributed by atoms with Crippen LogP contribution in [-0.4, -0.2) is 5.91 Å². The Morgan fingerprint density at radius 1 is 1.20 bits per heavy atom. The predicted molar refractivity (Wildman–Crippen MR) is 80.3 cm³/mol. The Labute approximate surface area is 121 Å². The van der Waals surface area contributed by atoms with E-state index in [9.17, 15) is 9.18 Å². The van der Waals surface area contributed by atoms with Crippen LogP contribution in [0.15, 0.2) is 48.5 Å². The Kier molecular flexibility index (Phi) is 4.53. The SMILES string of the molecule is Cc1ccc(F)cc1NC(=O)/C=C\c1ccc(Cl)cc1. The van der Waals surface area contributed by atoms with Crippen LogP contribution in [0.5, 0.6) is 0 Å². The van der Waals surface area contributed by atoms with Gasteiger partial charge in [0.05, 0.1) is 0 Å². The Balaban J connectivity index is 2.05. The smallest absolute Gasteiger partial charge is 0.248 e. The van der Waals surface area contributed by atoms with Gasteiger partial charge in [-0.05, 0) is 48.4 Å². The second-order valence-electron chi connectivity index (χ2n) is 4.33. The van der Waals surface area contributed by atoms with Crippen LogP contribution >= 0.6 is 11.6 Å². The number of hydrogen-bond donors (Lipinski definition) is 1. The molecule has 1 N–H and O–H groups in total. The number of halogens is 2. The molecule has 20 heavy (non-hydrogen) atoms. The van der Waals surface area contributed by atoms with Gasteiger partial charge in [0.15, 0.2) is 0 Å². The zero-order valence-corrected chi connectivity index (χ0v) is 11.6. The minimum Gasteiger partial charge on any atom is -0.322 e. The second-order valence-corrected chi connectivity index (χ2v) is 4.77. The molecule has 2 rings (SSSR count). The molecule has 0 radical (unpaired) electrons. The quantitative estimate of drug-likeness (QED) is 0.832. The van der Waals surface area contributed by atoms with Gasteiger partial charge in [-0.2, -0.15) is 0 Å². The van der Waals surface area contributed by atoms with Gasteiger partial charge in [-0.1, -0.05) is 29.8 Å². The van der Waals surface area contributed by atoms with Crippen LogP contribution in [0, 0.1) is 12.7 Å². The van der Waals surface area contributed by atoms with Gasteiger partial charge in [-0.3, -0.25) is 4.79 Å². The molecule has 0 atom stereocenters. The number of nitrogens with one attached hydrogen (secondary N) is 1. The number of benzene rings is 2. The van der Waals surface area contributed by atoms with Crippen LogP contribution in [0.1, 0.15) is 11.1 Å². The van der Waals surface area contributed by atoms with Crippen LogP contribution in [-0.2, 0) is 4.79 Å². The fourth-order valence-corrected chi connectivity index (χ4v) is 1.78. The van der Waals surface area contributed by atoms with E-state index in [0.29, 0.717) is 10.7 Å². The first-order valence-electron chi connectivity index (χ1n) is 6.05. The van der Waals surface area contributed by atoms with Gasteiger partial charge in [-0.15, -0.1) is 0 Å². The van der Waals surface area contributed by atoms with Crippen molar-refractivity contribution >= 4 is 29.3 Å². The number of carbonyl (C=O) groups excluding carboxylic acids is 1. The molecule has 102 valence electrons. The van der Waals surface area contributed by atoms with Crippen molar-refractivity contribution in [2.75, 3.05) is 5.32 Å². The number of aryl methyl sites for hydroxylation is 1. The first-order chi connectivity index (χ1) is 9.54. The van der Waals surface area contributed by atoms with Gasteiger partial charge < -0.3 is 5.32 Å². The average molecular weight is 290 g/mol. The predicted octanol–water partition coefficient (Wildman–Crippen LogP) is 4.44. The lowest BCUT2D eigenvalue weighted by Gasteiger charge is -2.06. The fraction of sp³-hybridized carbons (Fsp3) is 0.0625. The van der Waals surface area contributed by atoms with Crippen molar-refractivity contribution in [1.29, 1.82) is 0 Å². The maximum absolute atomic E-state index is 13.1. The van der Waals surface area contributed by atoms with Crippen molar-refractivity contribution in [3.8, 4) is 0 Å². The highest BCUT2D eigenvalue weighted by Gasteiger charge is 2.03.